The Balaban J connectivity index is 1.05. The maximum Gasteiger partial charge on any atom is 0.338 e. The summed E-state index contributed by atoms with van der Waals surface area (Å²) in [4.78, 5) is 33.7. The Morgan fingerprint density at radius 3 is 2.80 bits per heavy atom. The van der Waals surface area contributed by atoms with E-state index < -0.39 is 0 Å². The molecular weight excluding hydrogens is 442 g/mol. The molecular formula is C27H29N5O3. The van der Waals surface area contributed by atoms with Crippen LogP contribution in [-0.2, 0) is 29.0 Å². The zero-order valence-corrected chi connectivity index (χ0v) is 19.9. The molecule has 8 heteroatoms. The van der Waals surface area contributed by atoms with Gasteiger partial charge < -0.3 is 9.64 Å². The highest BCUT2D eigenvalue weighted by Crippen LogP contribution is 2.36. The molecule has 0 saturated carbocycles. The van der Waals surface area contributed by atoms with E-state index in [1.54, 1.807) is 11.0 Å². The number of piperazine rings is 1. The van der Waals surface area contributed by atoms with Crippen LogP contribution in [0.1, 0.15) is 50.5 Å². The first-order valence-corrected chi connectivity index (χ1v) is 12.4. The molecule has 3 heterocycles. The number of aromatic nitrogens is 3. The fourth-order valence-electron chi connectivity index (χ4n) is 5.70. The van der Waals surface area contributed by atoms with Crippen LogP contribution in [0.2, 0.25) is 0 Å². The number of aryl methyl sites for hydroxylation is 1. The monoisotopic (exact) mass is 471 g/mol. The van der Waals surface area contributed by atoms with E-state index in [9.17, 15) is 9.59 Å². The molecule has 1 fully saturated rings. The van der Waals surface area contributed by atoms with E-state index in [1.165, 1.54) is 23.0 Å². The molecule has 1 amide bonds. The van der Waals surface area contributed by atoms with Gasteiger partial charge in [0, 0.05) is 38.3 Å². The van der Waals surface area contributed by atoms with Crippen molar-refractivity contribution in [1.82, 2.24) is 24.6 Å². The first-order valence-electron chi connectivity index (χ1n) is 12.4. The third-order valence-electron chi connectivity index (χ3n) is 7.85. The van der Waals surface area contributed by atoms with Crippen molar-refractivity contribution < 1.29 is 14.3 Å². The quantitative estimate of drug-likeness (QED) is 0.533. The number of carbonyl (C=O) groups excluding carboxylic acids is 2. The van der Waals surface area contributed by atoms with Gasteiger partial charge in [-0.15, -0.1) is 0 Å². The molecule has 1 unspecified atom stereocenters. The number of carbonyl (C=O) groups is 2. The maximum atomic E-state index is 13.4. The van der Waals surface area contributed by atoms with Crippen LogP contribution >= 0.6 is 0 Å². The average molecular weight is 472 g/mol. The van der Waals surface area contributed by atoms with E-state index in [1.807, 2.05) is 17.0 Å². The number of fused-ring (bicyclic) bond motifs is 2. The molecule has 0 radical (unpaired) electrons. The van der Waals surface area contributed by atoms with E-state index >= 15 is 0 Å². The molecule has 1 aliphatic carbocycles. The first kappa shape index (κ1) is 22.0. The van der Waals surface area contributed by atoms with Crippen molar-refractivity contribution in [2.75, 3.05) is 32.7 Å². The molecule has 1 saturated heterocycles. The lowest BCUT2D eigenvalue weighted by atomic mass is 9.96. The van der Waals surface area contributed by atoms with Gasteiger partial charge in [0.15, 0.2) is 0 Å². The highest BCUT2D eigenvalue weighted by molar-refractivity contribution is 5.94. The van der Waals surface area contributed by atoms with E-state index in [0.717, 1.165) is 68.8 Å². The molecule has 2 aliphatic heterocycles. The fraction of sp³-hybridized carbons (Fsp3) is 0.407. The number of cyclic esters (lactones) is 1. The minimum absolute atomic E-state index is 0.0414. The Morgan fingerprint density at radius 2 is 2.00 bits per heavy atom. The molecule has 1 aromatic heterocycles. The van der Waals surface area contributed by atoms with Crippen molar-refractivity contribution in [3.63, 3.8) is 0 Å². The summed E-state index contributed by atoms with van der Waals surface area (Å²) in [6.45, 7) is 6.75. The number of nitrogens with zero attached hydrogens (tertiary/aromatic N) is 5. The molecule has 0 bridgehead atoms. The second kappa shape index (κ2) is 8.92. The van der Waals surface area contributed by atoms with Crippen molar-refractivity contribution in [1.29, 1.82) is 0 Å². The molecule has 3 aromatic rings. The predicted molar refractivity (Wildman–Crippen MR) is 129 cm³/mol. The van der Waals surface area contributed by atoms with Crippen LogP contribution in [0.3, 0.4) is 0 Å². The van der Waals surface area contributed by atoms with Crippen molar-refractivity contribution in [3.8, 4) is 5.69 Å². The summed E-state index contributed by atoms with van der Waals surface area (Å²) in [5.41, 5.74) is 7.58. The lowest BCUT2D eigenvalue weighted by Gasteiger charge is -2.36. The molecule has 1 atom stereocenters. The Bertz CT molecular complexity index is 1280. The molecule has 0 spiro atoms. The molecule has 6 rings (SSSR count). The van der Waals surface area contributed by atoms with Gasteiger partial charge in [0.1, 0.15) is 19.3 Å². The first-order chi connectivity index (χ1) is 17.1. The van der Waals surface area contributed by atoms with Crippen molar-refractivity contribution in [3.05, 3.63) is 76.4 Å². The highest BCUT2D eigenvalue weighted by atomic mass is 16.5. The topological polar surface area (TPSA) is 80.6 Å². The molecule has 2 aromatic carbocycles. The summed E-state index contributed by atoms with van der Waals surface area (Å²) in [5.74, 6) is 0.00681. The lowest BCUT2D eigenvalue weighted by molar-refractivity contribution is -0.134. The van der Waals surface area contributed by atoms with E-state index in [-0.39, 0.29) is 17.8 Å². The summed E-state index contributed by atoms with van der Waals surface area (Å²) in [6.07, 6.45) is 5.96. The van der Waals surface area contributed by atoms with Gasteiger partial charge in [-0.3, -0.25) is 9.69 Å². The van der Waals surface area contributed by atoms with Gasteiger partial charge in [-0.2, -0.15) is 5.10 Å². The molecule has 0 N–H and O–H groups in total. The van der Waals surface area contributed by atoms with Gasteiger partial charge in [-0.05, 0) is 66.6 Å². The molecule has 8 nitrogen and oxygen atoms in total. The molecule has 180 valence electrons. The summed E-state index contributed by atoms with van der Waals surface area (Å²) in [5, 5.41) is 4.21. The van der Waals surface area contributed by atoms with Gasteiger partial charge in [0.25, 0.3) is 0 Å². The number of amides is 1. The third-order valence-corrected chi connectivity index (χ3v) is 7.85. The Hall–Kier alpha value is -3.52. The predicted octanol–water partition coefficient (Wildman–Crippen LogP) is 2.66. The van der Waals surface area contributed by atoms with E-state index in [0.29, 0.717) is 12.2 Å². The minimum atomic E-state index is -0.212. The lowest BCUT2D eigenvalue weighted by Crippen LogP contribution is -2.50. The molecule has 35 heavy (non-hydrogen) atoms. The summed E-state index contributed by atoms with van der Waals surface area (Å²) in [6, 6.07) is 10.2. The SMILES string of the molecule is Cc1c(CCN2CCN(C(=O)C3CCc4cc(-n5cncn5)ccc43)CC2)ccc2c1COC2=O. The zero-order valence-electron chi connectivity index (χ0n) is 19.9. The molecule has 3 aliphatic rings. The number of esters is 1. The van der Waals surface area contributed by atoms with Gasteiger partial charge in [-0.25, -0.2) is 14.5 Å². The van der Waals surface area contributed by atoms with Crippen LogP contribution < -0.4 is 0 Å². The van der Waals surface area contributed by atoms with Gasteiger partial charge >= 0.3 is 5.97 Å². The second-order valence-electron chi connectivity index (χ2n) is 9.68. The van der Waals surface area contributed by atoms with Crippen LogP contribution in [0, 0.1) is 6.92 Å². The highest BCUT2D eigenvalue weighted by Gasteiger charge is 2.33. The maximum absolute atomic E-state index is 13.4. The van der Waals surface area contributed by atoms with Gasteiger partial charge in [-0.1, -0.05) is 12.1 Å². The van der Waals surface area contributed by atoms with Crippen LogP contribution in [0.5, 0.6) is 0 Å². The second-order valence-corrected chi connectivity index (χ2v) is 9.68. The van der Waals surface area contributed by atoms with Crippen molar-refractivity contribution >= 4 is 11.9 Å². The third kappa shape index (κ3) is 4.01. The fourth-order valence-corrected chi connectivity index (χ4v) is 5.70. The van der Waals surface area contributed by atoms with E-state index in [2.05, 4.69) is 40.1 Å². The number of rotatable bonds is 5. The van der Waals surface area contributed by atoms with E-state index in [4.69, 9.17) is 4.74 Å². The number of hydrogen-bond acceptors (Lipinski definition) is 6. The number of ether oxygens (including phenoxy) is 1. The number of hydrogen-bond donors (Lipinski definition) is 0. The average Bonchev–Trinajstić information content (AvgIpc) is 3.64. The van der Waals surface area contributed by atoms with Crippen LogP contribution in [0.25, 0.3) is 5.69 Å². The van der Waals surface area contributed by atoms with Gasteiger partial charge in [0.2, 0.25) is 5.91 Å². The smallest absolute Gasteiger partial charge is 0.338 e. The Morgan fingerprint density at radius 1 is 1.14 bits per heavy atom. The van der Waals surface area contributed by atoms with Crippen LogP contribution in [0.4, 0.5) is 0 Å². The standard InChI is InChI=1S/C27H29N5O3/c1-18-19(2-6-24-25(18)15-35-27(24)34)8-9-30-10-12-31(13-11-30)26(33)23-5-3-20-14-21(4-7-22(20)23)32-17-28-16-29-32/h2,4,6-7,14,16-17,23H,3,5,8-13,15H2,1H3. The zero-order chi connectivity index (χ0) is 23.9. The minimum Gasteiger partial charge on any atom is -0.457 e. The summed E-state index contributed by atoms with van der Waals surface area (Å²) in [7, 11) is 0. The van der Waals surface area contributed by atoms with Crippen LogP contribution in [0.15, 0.2) is 43.0 Å². The normalized spacial score (nSPS) is 19.5. The number of benzene rings is 2. The van der Waals surface area contributed by atoms with Crippen LogP contribution in [-0.4, -0.2) is 69.2 Å². The largest absolute Gasteiger partial charge is 0.457 e. The Labute approximate surface area is 204 Å². The summed E-state index contributed by atoms with van der Waals surface area (Å²) < 4.78 is 6.94. The van der Waals surface area contributed by atoms with Crippen molar-refractivity contribution in [2.45, 2.75) is 38.7 Å². The van der Waals surface area contributed by atoms with Crippen molar-refractivity contribution in [2.24, 2.45) is 0 Å². The van der Waals surface area contributed by atoms with Gasteiger partial charge in [0.05, 0.1) is 17.2 Å². The Kier molecular flexibility index (Phi) is 5.60. The summed E-state index contributed by atoms with van der Waals surface area (Å²) >= 11 is 0.